The predicted molar refractivity (Wildman–Crippen MR) is 77.4 cm³/mol. The Kier molecular flexibility index (Phi) is 6.46. The molecule has 1 aromatic carbocycles. The molecule has 0 heterocycles. The molecule has 0 bridgehead atoms. The number of anilines is 1. The predicted octanol–water partition coefficient (Wildman–Crippen LogP) is 3.28. The van der Waals surface area contributed by atoms with Crippen LogP contribution in [0, 0.1) is 0 Å². The number of hydrogen-bond donors (Lipinski definition) is 1. The van der Waals surface area contributed by atoms with Crippen LogP contribution in [-0.2, 0) is 10.8 Å². The van der Waals surface area contributed by atoms with E-state index in [9.17, 15) is 4.21 Å². The van der Waals surface area contributed by atoms with Gasteiger partial charge in [0.1, 0.15) is 0 Å². The number of nitrogen functional groups attached to an aromatic ring is 1. The third-order valence-electron chi connectivity index (χ3n) is 2.04. The molecule has 5 heteroatoms. The van der Waals surface area contributed by atoms with Gasteiger partial charge in [0.05, 0.1) is 15.7 Å². The zero-order chi connectivity index (χ0) is 12.0. The summed E-state index contributed by atoms with van der Waals surface area (Å²) in [7, 11) is -0.977. The lowest BCUT2D eigenvalue weighted by Gasteiger charge is -2.06. The summed E-state index contributed by atoms with van der Waals surface area (Å²) >= 11 is 5.24. The maximum atomic E-state index is 12.0. The fourth-order valence-corrected chi connectivity index (χ4v) is 3.80. The van der Waals surface area contributed by atoms with Gasteiger partial charge in [0, 0.05) is 15.9 Å². The minimum Gasteiger partial charge on any atom is -0.398 e. The van der Waals surface area contributed by atoms with Crippen molar-refractivity contribution in [1.29, 1.82) is 0 Å². The first-order valence-electron chi connectivity index (χ1n) is 5.16. The Bertz CT molecular complexity index is 371. The van der Waals surface area contributed by atoms with E-state index in [2.05, 4.69) is 22.9 Å². The average molecular weight is 322 g/mol. The Hall–Kier alpha value is -0.000000000000000167. The monoisotopic (exact) mass is 321 g/mol. The smallest absolute Gasteiger partial charge is 0.0628 e. The molecule has 1 atom stereocenters. The van der Waals surface area contributed by atoms with Crippen LogP contribution < -0.4 is 5.73 Å². The molecule has 0 fully saturated rings. The van der Waals surface area contributed by atoms with Gasteiger partial charge >= 0.3 is 0 Å². The molecule has 0 aliphatic heterocycles. The van der Waals surface area contributed by atoms with Crippen LogP contribution >= 0.6 is 27.7 Å². The van der Waals surface area contributed by atoms with Gasteiger partial charge in [-0.15, -0.1) is 0 Å². The number of rotatable bonds is 6. The van der Waals surface area contributed by atoms with E-state index in [1.165, 1.54) is 0 Å². The summed E-state index contributed by atoms with van der Waals surface area (Å²) in [5, 5.41) is 0. The number of halogens is 1. The van der Waals surface area contributed by atoms with Crippen molar-refractivity contribution in [2.75, 3.05) is 23.0 Å². The number of hydrogen-bond acceptors (Lipinski definition) is 3. The molecule has 2 N–H and O–H groups in total. The van der Waals surface area contributed by atoms with Crippen molar-refractivity contribution in [3.63, 3.8) is 0 Å². The Morgan fingerprint density at radius 2 is 2.25 bits per heavy atom. The topological polar surface area (TPSA) is 43.1 Å². The molecule has 90 valence electrons. The molecule has 2 nitrogen and oxygen atoms in total. The van der Waals surface area contributed by atoms with E-state index in [-0.39, 0.29) is 0 Å². The first-order valence-corrected chi connectivity index (χ1v) is 8.43. The van der Waals surface area contributed by atoms with Crippen LogP contribution in [0.4, 0.5) is 5.69 Å². The summed E-state index contributed by atoms with van der Waals surface area (Å²) in [6.45, 7) is 2.13. The van der Waals surface area contributed by atoms with Crippen LogP contribution in [0.2, 0.25) is 0 Å². The lowest BCUT2D eigenvalue weighted by molar-refractivity contribution is 0.682. The third-order valence-corrected chi connectivity index (χ3v) is 5.03. The van der Waals surface area contributed by atoms with Crippen molar-refractivity contribution in [3.8, 4) is 0 Å². The fraction of sp³-hybridized carbons (Fsp3) is 0.455. The van der Waals surface area contributed by atoms with Crippen molar-refractivity contribution in [2.24, 2.45) is 0 Å². The highest BCUT2D eigenvalue weighted by molar-refractivity contribution is 9.10. The number of thioether (sulfide) groups is 1. The average Bonchev–Trinajstić information content (AvgIpc) is 2.27. The van der Waals surface area contributed by atoms with E-state index in [1.807, 2.05) is 23.9 Å². The summed E-state index contributed by atoms with van der Waals surface area (Å²) < 4.78 is 12.9. The molecule has 0 aromatic heterocycles. The van der Waals surface area contributed by atoms with Gasteiger partial charge in [-0.25, -0.2) is 0 Å². The largest absolute Gasteiger partial charge is 0.398 e. The summed E-state index contributed by atoms with van der Waals surface area (Å²) in [6.07, 6.45) is 0.969. The summed E-state index contributed by atoms with van der Waals surface area (Å²) in [5.74, 6) is 2.87. The summed E-state index contributed by atoms with van der Waals surface area (Å²) in [5.41, 5.74) is 6.42. The Morgan fingerprint density at radius 1 is 1.50 bits per heavy atom. The van der Waals surface area contributed by atoms with Crippen molar-refractivity contribution < 1.29 is 4.21 Å². The van der Waals surface area contributed by atoms with Gasteiger partial charge in [-0.3, -0.25) is 4.21 Å². The zero-order valence-corrected chi connectivity index (χ0v) is 12.5. The van der Waals surface area contributed by atoms with Crippen molar-refractivity contribution in [2.45, 2.75) is 18.2 Å². The first kappa shape index (κ1) is 14.1. The van der Waals surface area contributed by atoms with Crippen LogP contribution in [0.25, 0.3) is 0 Å². The molecule has 0 saturated carbocycles. The standard InChI is InChI=1S/C11H16BrNOS2/c1-2-15-6-3-7-16(14)11-8-9(12)4-5-10(11)13/h4-5,8H,2-3,6-7,13H2,1H3. The molecular weight excluding hydrogens is 306 g/mol. The Labute approximate surface area is 112 Å². The second-order valence-electron chi connectivity index (χ2n) is 3.28. The molecule has 0 saturated heterocycles. The van der Waals surface area contributed by atoms with Crippen molar-refractivity contribution in [1.82, 2.24) is 0 Å². The molecule has 0 spiro atoms. The van der Waals surface area contributed by atoms with Crippen LogP contribution in [-0.4, -0.2) is 21.5 Å². The SMILES string of the molecule is CCSCCCS(=O)c1cc(Br)ccc1N. The Morgan fingerprint density at radius 3 is 2.94 bits per heavy atom. The van der Waals surface area contributed by atoms with E-state index < -0.39 is 10.8 Å². The molecule has 0 aliphatic carbocycles. The van der Waals surface area contributed by atoms with Gasteiger partial charge in [-0.1, -0.05) is 22.9 Å². The van der Waals surface area contributed by atoms with Gasteiger partial charge in [0.2, 0.25) is 0 Å². The highest BCUT2D eigenvalue weighted by Gasteiger charge is 2.08. The zero-order valence-electron chi connectivity index (χ0n) is 9.24. The van der Waals surface area contributed by atoms with Crippen LogP contribution in [0.1, 0.15) is 13.3 Å². The molecule has 1 aromatic rings. The highest BCUT2D eigenvalue weighted by atomic mass is 79.9. The number of nitrogens with two attached hydrogens (primary N) is 1. The van der Waals surface area contributed by atoms with Crippen LogP contribution in [0.3, 0.4) is 0 Å². The van der Waals surface area contributed by atoms with Crippen molar-refractivity contribution in [3.05, 3.63) is 22.7 Å². The minimum absolute atomic E-state index is 0.615. The maximum Gasteiger partial charge on any atom is 0.0628 e. The summed E-state index contributed by atoms with van der Waals surface area (Å²) in [4.78, 5) is 0.746. The second-order valence-corrected chi connectivity index (χ2v) is 7.13. The lowest BCUT2D eigenvalue weighted by Crippen LogP contribution is -2.03. The third kappa shape index (κ3) is 4.47. The Balaban J connectivity index is 2.55. The van der Waals surface area contributed by atoms with Gasteiger partial charge in [-0.05, 0) is 36.1 Å². The normalized spacial score (nSPS) is 12.6. The van der Waals surface area contributed by atoms with E-state index in [0.29, 0.717) is 11.4 Å². The molecule has 0 amide bonds. The van der Waals surface area contributed by atoms with Gasteiger partial charge in [-0.2, -0.15) is 11.8 Å². The summed E-state index contributed by atoms with van der Waals surface area (Å²) in [6, 6.07) is 5.50. The molecule has 16 heavy (non-hydrogen) atoms. The minimum atomic E-state index is -0.977. The molecular formula is C11H16BrNOS2. The van der Waals surface area contributed by atoms with Gasteiger partial charge < -0.3 is 5.73 Å². The van der Waals surface area contributed by atoms with Crippen molar-refractivity contribution >= 4 is 44.2 Å². The van der Waals surface area contributed by atoms with E-state index >= 15 is 0 Å². The van der Waals surface area contributed by atoms with E-state index in [1.54, 1.807) is 6.07 Å². The maximum absolute atomic E-state index is 12.0. The second kappa shape index (κ2) is 7.35. The van der Waals surface area contributed by atoms with Crippen LogP contribution in [0.15, 0.2) is 27.6 Å². The lowest BCUT2D eigenvalue weighted by atomic mass is 10.3. The molecule has 0 radical (unpaired) electrons. The first-order chi connectivity index (χ1) is 7.65. The van der Waals surface area contributed by atoms with Gasteiger partial charge in [0.15, 0.2) is 0 Å². The van der Waals surface area contributed by atoms with Gasteiger partial charge in [0.25, 0.3) is 0 Å². The van der Waals surface area contributed by atoms with E-state index in [0.717, 1.165) is 27.3 Å². The van der Waals surface area contributed by atoms with Crippen LogP contribution in [0.5, 0.6) is 0 Å². The quantitative estimate of drug-likeness (QED) is 0.646. The fourth-order valence-electron chi connectivity index (χ4n) is 1.25. The molecule has 1 rings (SSSR count). The molecule has 1 unspecified atom stereocenters. The molecule has 0 aliphatic rings. The highest BCUT2D eigenvalue weighted by Crippen LogP contribution is 2.22. The van der Waals surface area contributed by atoms with E-state index in [4.69, 9.17) is 5.73 Å². The number of benzene rings is 1.